The van der Waals surface area contributed by atoms with Crippen LogP contribution in [0.4, 0.5) is 5.69 Å². The van der Waals surface area contributed by atoms with Gasteiger partial charge in [0, 0.05) is 17.3 Å². The molecule has 1 N–H and O–H groups in total. The number of hydrogen-bond donors (Lipinski definition) is 1. The Morgan fingerprint density at radius 2 is 1.58 bits per heavy atom. The van der Waals surface area contributed by atoms with Crippen molar-refractivity contribution in [3.63, 3.8) is 0 Å². The van der Waals surface area contributed by atoms with Crippen LogP contribution in [-0.4, -0.2) is 0 Å². The Bertz CT molecular complexity index is 2220. The molecule has 1 nitrogen and oxygen atoms in total. The highest BCUT2D eigenvalue weighted by Gasteiger charge is 2.49. The number of anilines is 1. The molecule has 1 unspecified atom stereocenters. The first-order valence-electron chi connectivity index (χ1n) is 17.5. The van der Waals surface area contributed by atoms with E-state index in [2.05, 4.69) is 155 Å². The van der Waals surface area contributed by atoms with E-state index in [0.29, 0.717) is 0 Å². The molecule has 1 atom stereocenters. The third-order valence-corrected chi connectivity index (χ3v) is 11.1. The molecule has 48 heavy (non-hydrogen) atoms. The Kier molecular flexibility index (Phi) is 7.45. The molecular formula is C47H43N. The standard InChI is InChI=1S/C47H43N/c1-6-34-14-7-8-16-39(34)42-28-36(23-22-32(42)4)48-26-25-35-15-12-19-38-33(5)37-18-11-13-31(3)43(37)29-47(46(35)38)44-20-10-9-17-40(44)41-24-21-30(2)27-45(41)47/h7-9,11-19,21-28,48H,5-6,10,20,29H2,1-4H3. The number of nitrogens with one attached hydrogen (secondary N) is 1. The van der Waals surface area contributed by atoms with E-state index in [1.807, 2.05) is 0 Å². The van der Waals surface area contributed by atoms with Crippen LogP contribution in [0, 0.1) is 20.8 Å². The third kappa shape index (κ3) is 4.67. The van der Waals surface area contributed by atoms with Gasteiger partial charge in [0.05, 0.1) is 0 Å². The highest BCUT2D eigenvalue weighted by Crippen LogP contribution is 2.59. The molecule has 0 heterocycles. The van der Waals surface area contributed by atoms with Gasteiger partial charge < -0.3 is 5.32 Å². The van der Waals surface area contributed by atoms with E-state index in [4.69, 9.17) is 6.58 Å². The minimum atomic E-state index is -0.279. The summed E-state index contributed by atoms with van der Waals surface area (Å²) in [6.45, 7) is 13.7. The molecule has 0 radical (unpaired) electrons. The Balaban J connectivity index is 1.30. The van der Waals surface area contributed by atoms with Gasteiger partial charge in [-0.05, 0) is 148 Å². The minimum Gasteiger partial charge on any atom is -0.362 e. The summed E-state index contributed by atoms with van der Waals surface area (Å²) in [6, 6.07) is 36.2. The summed E-state index contributed by atoms with van der Waals surface area (Å²) in [4.78, 5) is 0. The molecule has 0 amide bonds. The summed E-state index contributed by atoms with van der Waals surface area (Å²) >= 11 is 0. The lowest BCUT2D eigenvalue weighted by molar-refractivity contribution is 0.583. The first kappa shape index (κ1) is 30.2. The second kappa shape index (κ2) is 11.8. The fourth-order valence-corrected chi connectivity index (χ4v) is 8.73. The number of hydrogen-bond acceptors (Lipinski definition) is 1. The molecular weight excluding hydrogens is 579 g/mol. The molecule has 5 aromatic rings. The molecule has 3 aliphatic rings. The minimum absolute atomic E-state index is 0.279. The largest absolute Gasteiger partial charge is 0.362 e. The summed E-state index contributed by atoms with van der Waals surface area (Å²) in [6.07, 6.45) is 13.3. The van der Waals surface area contributed by atoms with Crippen LogP contribution in [0.25, 0.3) is 28.3 Å². The van der Waals surface area contributed by atoms with Crippen molar-refractivity contribution in [2.24, 2.45) is 0 Å². The van der Waals surface area contributed by atoms with Crippen LogP contribution < -0.4 is 5.32 Å². The number of fused-ring (bicyclic) bond motifs is 7. The molecule has 5 aromatic carbocycles. The summed E-state index contributed by atoms with van der Waals surface area (Å²) < 4.78 is 0. The highest BCUT2D eigenvalue weighted by atomic mass is 14.8. The van der Waals surface area contributed by atoms with E-state index in [9.17, 15) is 0 Å². The van der Waals surface area contributed by atoms with Gasteiger partial charge in [-0.3, -0.25) is 0 Å². The van der Waals surface area contributed by atoms with Crippen LogP contribution >= 0.6 is 0 Å². The van der Waals surface area contributed by atoms with Crippen LogP contribution in [0.15, 0.2) is 128 Å². The molecule has 0 aromatic heterocycles. The Morgan fingerprint density at radius 1 is 0.771 bits per heavy atom. The van der Waals surface area contributed by atoms with Gasteiger partial charge in [0.15, 0.2) is 0 Å². The summed E-state index contributed by atoms with van der Waals surface area (Å²) in [7, 11) is 0. The van der Waals surface area contributed by atoms with Gasteiger partial charge in [-0.15, -0.1) is 0 Å². The summed E-state index contributed by atoms with van der Waals surface area (Å²) in [5, 5.41) is 3.67. The molecule has 0 bridgehead atoms. The van der Waals surface area contributed by atoms with Crippen molar-refractivity contribution in [3.05, 3.63) is 189 Å². The van der Waals surface area contributed by atoms with Gasteiger partial charge in [-0.25, -0.2) is 0 Å². The normalized spacial score (nSPS) is 17.7. The molecule has 0 saturated carbocycles. The quantitative estimate of drug-likeness (QED) is 0.206. The van der Waals surface area contributed by atoms with Crippen LogP contribution in [0.2, 0.25) is 0 Å². The fraction of sp³-hybridized carbons (Fsp3) is 0.191. The zero-order valence-electron chi connectivity index (χ0n) is 28.6. The van der Waals surface area contributed by atoms with E-state index in [-0.39, 0.29) is 5.41 Å². The van der Waals surface area contributed by atoms with Crippen molar-refractivity contribution in [2.75, 3.05) is 5.32 Å². The first-order chi connectivity index (χ1) is 23.4. The molecule has 236 valence electrons. The van der Waals surface area contributed by atoms with E-state index in [1.165, 1.54) is 77.9 Å². The Labute approximate surface area is 286 Å². The van der Waals surface area contributed by atoms with Gasteiger partial charge in [0.1, 0.15) is 0 Å². The first-order valence-corrected chi connectivity index (χ1v) is 17.5. The van der Waals surface area contributed by atoms with Crippen LogP contribution in [-0.2, 0) is 18.3 Å². The second-order valence-corrected chi connectivity index (χ2v) is 13.8. The van der Waals surface area contributed by atoms with Crippen LogP contribution in [0.1, 0.15) is 81.0 Å². The average molecular weight is 622 g/mol. The molecule has 0 aliphatic heterocycles. The summed E-state index contributed by atoms with van der Waals surface area (Å²) in [5.41, 5.74) is 22.2. The molecule has 3 aliphatic carbocycles. The maximum atomic E-state index is 4.79. The highest BCUT2D eigenvalue weighted by molar-refractivity contribution is 5.94. The summed E-state index contributed by atoms with van der Waals surface area (Å²) in [5.74, 6) is 0. The SMILES string of the molecule is C=C1c2cccc(C)c2CC2(C3=C(C=CCC3)c3ccc(C)cc32)c2c(C=CNc3ccc(C)c(-c4ccccc4CC)c3)cccc21. The third-order valence-electron chi connectivity index (χ3n) is 11.1. The van der Waals surface area contributed by atoms with Crippen molar-refractivity contribution >= 4 is 22.9 Å². The predicted octanol–water partition coefficient (Wildman–Crippen LogP) is 11.9. The van der Waals surface area contributed by atoms with Crippen molar-refractivity contribution in [1.29, 1.82) is 0 Å². The van der Waals surface area contributed by atoms with Gasteiger partial charge in [-0.2, -0.15) is 0 Å². The van der Waals surface area contributed by atoms with Gasteiger partial charge >= 0.3 is 0 Å². The van der Waals surface area contributed by atoms with E-state index >= 15 is 0 Å². The topological polar surface area (TPSA) is 12.0 Å². The zero-order chi connectivity index (χ0) is 33.0. The Hall–Kier alpha value is -5.14. The molecule has 1 heteroatoms. The number of aryl methyl sites for hydroxylation is 4. The number of rotatable bonds is 5. The Morgan fingerprint density at radius 3 is 2.46 bits per heavy atom. The van der Waals surface area contributed by atoms with Crippen LogP contribution in [0.5, 0.6) is 0 Å². The zero-order valence-corrected chi connectivity index (χ0v) is 28.6. The molecule has 0 fully saturated rings. The lowest BCUT2D eigenvalue weighted by Crippen LogP contribution is -2.33. The number of allylic oxidation sites excluding steroid dienone is 4. The van der Waals surface area contributed by atoms with Crippen molar-refractivity contribution < 1.29 is 0 Å². The predicted molar refractivity (Wildman–Crippen MR) is 205 cm³/mol. The van der Waals surface area contributed by atoms with Crippen molar-refractivity contribution in [1.82, 2.24) is 0 Å². The number of benzene rings is 5. The second-order valence-electron chi connectivity index (χ2n) is 13.8. The maximum Gasteiger partial charge on any atom is 0.0479 e. The maximum absolute atomic E-state index is 4.79. The van der Waals surface area contributed by atoms with E-state index in [1.54, 1.807) is 5.57 Å². The molecule has 8 rings (SSSR count). The fourth-order valence-electron chi connectivity index (χ4n) is 8.73. The molecule has 0 saturated heterocycles. The lowest BCUT2D eigenvalue weighted by atomic mass is 9.64. The lowest BCUT2D eigenvalue weighted by Gasteiger charge is -2.38. The van der Waals surface area contributed by atoms with Gasteiger partial charge in [0.25, 0.3) is 0 Å². The molecule has 1 spiro atoms. The van der Waals surface area contributed by atoms with Crippen molar-refractivity contribution in [3.8, 4) is 11.1 Å². The van der Waals surface area contributed by atoms with Gasteiger partial charge in [-0.1, -0.05) is 116 Å². The monoisotopic (exact) mass is 621 g/mol. The average Bonchev–Trinajstić information content (AvgIpc) is 3.31. The van der Waals surface area contributed by atoms with Crippen LogP contribution in [0.3, 0.4) is 0 Å². The van der Waals surface area contributed by atoms with Gasteiger partial charge in [0.2, 0.25) is 0 Å². The van der Waals surface area contributed by atoms with E-state index in [0.717, 1.165) is 36.9 Å². The van der Waals surface area contributed by atoms with E-state index < -0.39 is 0 Å². The smallest absolute Gasteiger partial charge is 0.0479 e. The van der Waals surface area contributed by atoms with Crippen molar-refractivity contribution in [2.45, 2.75) is 58.8 Å².